The Hall–Kier alpha value is -0.290. The monoisotopic (exact) mass is 292 g/mol. The molecule has 0 spiro atoms. The zero-order chi connectivity index (χ0) is 12.5. The summed E-state index contributed by atoms with van der Waals surface area (Å²) in [4.78, 5) is 0.0913. The van der Waals surface area contributed by atoms with E-state index in [1.165, 1.54) is 16.4 Å². The first-order chi connectivity index (χ1) is 8.01. The van der Waals surface area contributed by atoms with Gasteiger partial charge in [0.25, 0.3) is 0 Å². The predicted octanol–water partition coefficient (Wildman–Crippen LogP) is 2.98. The van der Waals surface area contributed by atoms with Crippen molar-refractivity contribution in [2.24, 2.45) is 0 Å². The van der Waals surface area contributed by atoms with Crippen LogP contribution in [0.1, 0.15) is 12.8 Å². The quantitative estimate of drug-likeness (QED) is 0.840. The van der Waals surface area contributed by atoms with Crippen LogP contribution in [-0.2, 0) is 10.0 Å². The highest BCUT2D eigenvalue weighted by molar-refractivity contribution is 7.89. The number of rotatable bonds is 2. The molecular weight excluding hydrogens is 281 g/mol. The fourth-order valence-electron chi connectivity index (χ4n) is 1.78. The topological polar surface area (TPSA) is 37.4 Å². The van der Waals surface area contributed by atoms with Crippen LogP contribution in [0.4, 0.5) is 0 Å². The standard InChI is InChI=1S/C11H12Cl2NO2S/c12-9-4-5-10(13)11(8-9)17(15,16)14-6-2-1-3-7-14/h1,4-5,8H,2-3,6-7H2. The van der Waals surface area contributed by atoms with E-state index in [-0.39, 0.29) is 9.92 Å². The van der Waals surface area contributed by atoms with Gasteiger partial charge in [-0.3, -0.25) is 0 Å². The third kappa shape index (κ3) is 2.76. The fraction of sp³-hybridized carbons (Fsp3) is 0.364. The molecule has 3 nitrogen and oxygen atoms in total. The van der Waals surface area contributed by atoms with Gasteiger partial charge in [0.05, 0.1) is 5.02 Å². The minimum absolute atomic E-state index is 0.0913. The highest BCUT2D eigenvalue weighted by Crippen LogP contribution is 2.28. The Morgan fingerprint density at radius 2 is 1.76 bits per heavy atom. The van der Waals surface area contributed by atoms with Crippen LogP contribution in [0.15, 0.2) is 23.1 Å². The maximum absolute atomic E-state index is 12.3. The number of hydrogen-bond donors (Lipinski definition) is 0. The molecule has 6 heteroatoms. The van der Waals surface area contributed by atoms with Crippen molar-refractivity contribution in [1.29, 1.82) is 0 Å². The summed E-state index contributed by atoms with van der Waals surface area (Å²) in [6.45, 7) is 1.01. The van der Waals surface area contributed by atoms with E-state index < -0.39 is 10.0 Å². The van der Waals surface area contributed by atoms with Gasteiger partial charge in [0.2, 0.25) is 10.0 Å². The van der Waals surface area contributed by atoms with E-state index in [4.69, 9.17) is 23.2 Å². The molecule has 0 N–H and O–H groups in total. The maximum atomic E-state index is 12.3. The molecule has 0 unspecified atom stereocenters. The minimum atomic E-state index is -3.52. The molecule has 1 aromatic rings. The third-order valence-electron chi connectivity index (χ3n) is 2.68. The second-order valence-electron chi connectivity index (χ2n) is 3.84. The molecule has 0 atom stereocenters. The second kappa shape index (κ2) is 5.14. The molecule has 93 valence electrons. The number of halogens is 2. The molecule has 17 heavy (non-hydrogen) atoms. The van der Waals surface area contributed by atoms with Crippen LogP contribution in [0, 0.1) is 6.42 Å². The summed E-state index contributed by atoms with van der Waals surface area (Å²) in [7, 11) is -3.52. The molecule has 1 aliphatic heterocycles. The molecular formula is C11H12Cl2NO2S. The van der Waals surface area contributed by atoms with Crippen LogP contribution in [0.5, 0.6) is 0 Å². The number of sulfonamides is 1. The Labute approximate surface area is 111 Å². The van der Waals surface area contributed by atoms with Crippen LogP contribution < -0.4 is 0 Å². The van der Waals surface area contributed by atoms with Crippen molar-refractivity contribution in [2.45, 2.75) is 17.7 Å². The van der Waals surface area contributed by atoms with Crippen molar-refractivity contribution in [1.82, 2.24) is 4.31 Å². The van der Waals surface area contributed by atoms with Crippen molar-refractivity contribution in [3.63, 3.8) is 0 Å². The summed E-state index contributed by atoms with van der Waals surface area (Å²) in [5.74, 6) is 0. The Bertz CT molecular complexity index is 510. The van der Waals surface area contributed by atoms with Crippen LogP contribution in [0.2, 0.25) is 10.0 Å². The van der Waals surface area contributed by atoms with Gasteiger partial charge in [0.15, 0.2) is 0 Å². The number of nitrogens with zero attached hydrogens (tertiary/aromatic N) is 1. The van der Waals surface area contributed by atoms with Gasteiger partial charge in [-0.05, 0) is 37.5 Å². The number of piperidine rings is 1. The average molecular weight is 293 g/mol. The Morgan fingerprint density at radius 3 is 2.41 bits per heavy atom. The molecule has 1 radical (unpaired) electrons. The van der Waals surface area contributed by atoms with Crippen molar-refractivity contribution >= 4 is 33.2 Å². The van der Waals surface area contributed by atoms with E-state index >= 15 is 0 Å². The lowest BCUT2D eigenvalue weighted by molar-refractivity contribution is 0.384. The van der Waals surface area contributed by atoms with Crippen LogP contribution in [0.3, 0.4) is 0 Å². The molecule has 1 aromatic carbocycles. The van der Waals surface area contributed by atoms with Gasteiger partial charge in [-0.1, -0.05) is 23.2 Å². The summed E-state index contributed by atoms with van der Waals surface area (Å²) in [5, 5.41) is 0.584. The summed E-state index contributed by atoms with van der Waals surface area (Å²) in [6, 6.07) is 4.48. The highest BCUT2D eigenvalue weighted by Gasteiger charge is 2.28. The van der Waals surface area contributed by atoms with E-state index in [2.05, 4.69) is 6.42 Å². The lowest BCUT2D eigenvalue weighted by Gasteiger charge is -2.26. The summed E-state index contributed by atoms with van der Waals surface area (Å²) < 4.78 is 26.1. The summed E-state index contributed by atoms with van der Waals surface area (Å²) in [6.07, 6.45) is 3.64. The van der Waals surface area contributed by atoms with Gasteiger partial charge in [-0.15, -0.1) is 0 Å². The Balaban J connectivity index is 2.40. The van der Waals surface area contributed by atoms with Crippen LogP contribution in [-0.4, -0.2) is 25.8 Å². The number of hydrogen-bond acceptors (Lipinski definition) is 2. The SMILES string of the molecule is O=S(=O)(c1cc(Cl)ccc1Cl)N1CC[CH]CC1. The molecule has 1 fully saturated rings. The average Bonchev–Trinajstić information content (AvgIpc) is 2.33. The lowest BCUT2D eigenvalue weighted by atomic mass is 10.2. The fourth-order valence-corrected chi connectivity index (χ4v) is 3.99. The van der Waals surface area contributed by atoms with E-state index in [0.717, 1.165) is 12.8 Å². The van der Waals surface area contributed by atoms with E-state index in [1.54, 1.807) is 6.07 Å². The molecule has 0 aromatic heterocycles. The molecule has 1 aliphatic rings. The first-order valence-electron chi connectivity index (χ1n) is 5.28. The number of benzene rings is 1. The van der Waals surface area contributed by atoms with Gasteiger partial charge in [-0.2, -0.15) is 4.31 Å². The maximum Gasteiger partial charge on any atom is 0.244 e. The zero-order valence-electron chi connectivity index (χ0n) is 9.07. The summed E-state index contributed by atoms with van der Waals surface area (Å²) in [5.41, 5.74) is 0. The minimum Gasteiger partial charge on any atom is -0.207 e. The largest absolute Gasteiger partial charge is 0.244 e. The van der Waals surface area contributed by atoms with Gasteiger partial charge in [0, 0.05) is 18.1 Å². The van der Waals surface area contributed by atoms with Crippen molar-refractivity contribution < 1.29 is 8.42 Å². The molecule has 0 aliphatic carbocycles. The Morgan fingerprint density at radius 1 is 1.12 bits per heavy atom. The van der Waals surface area contributed by atoms with Gasteiger partial charge >= 0.3 is 0 Å². The van der Waals surface area contributed by atoms with Gasteiger partial charge < -0.3 is 0 Å². The summed E-state index contributed by atoms with van der Waals surface area (Å²) >= 11 is 11.7. The smallest absolute Gasteiger partial charge is 0.207 e. The first kappa shape index (κ1) is 13.1. The first-order valence-corrected chi connectivity index (χ1v) is 7.48. The van der Waals surface area contributed by atoms with E-state index in [1.807, 2.05) is 0 Å². The second-order valence-corrected chi connectivity index (χ2v) is 6.59. The zero-order valence-corrected chi connectivity index (χ0v) is 11.4. The predicted molar refractivity (Wildman–Crippen MR) is 68.8 cm³/mol. The molecule has 1 heterocycles. The molecule has 1 saturated heterocycles. The van der Waals surface area contributed by atoms with Crippen molar-refractivity contribution in [3.8, 4) is 0 Å². The van der Waals surface area contributed by atoms with Gasteiger partial charge in [-0.25, -0.2) is 8.42 Å². The van der Waals surface area contributed by atoms with Gasteiger partial charge in [0.1, 0.15) is 4.90 Å². The molecule has 0 amide bonds. The molecule has 2 rings (SSSR count). The lowest BCUT2D eigenvalue weighted by Crippen LogP contribution is -2.35. The highest BCUT2D eigenvalue weighted by atomic mass is 35.5. The van der Waals surface area contributed by atoms with E-state index in [0.29, 0.717) is 18.1 Å². The normalized spacial score (nSPS) is 18.2. The van der Waals surface area contributed by atoms with Crippen LogP contribution >= 0.6 is 23.2 Å². The van der Waals surface area contributed by atoms with E-state index in [9.17, 15) is 8.42 Å². The third-order valence-corrected chi connectivity index (χ3v) is 5.29. The van der Waals surface area contributed by atoms with Crippen LogP contribution in [0.25, 0.3) is 0 Å². The Kier molecular flexibility index (Phi) is 3.98. The molecule has 0 bridgehead atoms. The van der Waals surface area contributed by atoms with Crippen molar-refractivity contribution in [2.75, 3.05) is 13.1 Å². The molecule has 0 saturated carbocycles. The van der Waals surface area contributed by atoms with Crippen molar-refractivity contribution in [3.05, 3.63) is 34.7 Å².